The minimum Gasteiger partial charge on any atom is -0.366 e. The number of halogens is 1. The molecule has 2 atom stereocenters. The highest BCUT2D eigenvalue weighted by molar-refractivity contribution is 6.30. The molecule has 1 saturated carbocycles. The van der Waals surface area contributed by atoms with Gasteiger partial charge in [-0.3, -0.25) is 0 Å². The molecule has 0 aliphatic heterocycles. The predicted octanol–water partition coefficient (Wildman–Crippen LogP) is 3.44. The van der Waals surface area contributed by atoms with Gasteiger partial charge in [0.2, 0.25) is 5.95 Å². The number of aromatic nitrogens is 2. The highest BCUT2D eigenvalue weighted by Crippen LogP contribution is 2.47. The lowest BCUT2D eigenvalue weighted by Crippen LogP contribution is -2.56. The summed E-state index contributed by atoms with van der Waals surface area (Å²) >= 11 is 6.01. The molecular formula is C20H25ClN6. The van der Waals surface area contributed by atoms with Crippen LogP contribution in [0.25, 0.3) is 0 Å². The van der Waals surface area contributed by atoms with Crippen molar-refractivity contribution in [1.82, 2.24) is 9.97 Å². The van der Waals surface area contributed by atoms with E-state index in [4.69, 9.17) is 17.3 Å². The van der Waals surface area contributed by atoms with Crippen molar-refractivity contribution >= 4 is 23.4 Å². The first-order valence-corrected chi connectivity index (χ1v) is 9.54. The van der Waals surface area contributed by atoms with Crippen molar-refractivity contribution in [2.45, 2.75) is 32.7 Å². The van der Waals surface area contributed by atoms with Gasteiger partial charge in [0.05, 0.1) is 6.20 Å². The first-order chi connectivity index (χ1) is 12.9. The summed E-state index contributed by atoms with van der Waals surface area (Å²) in [6, 6.07) is 10.2. The third-order valence-corrected chi connectivity index (χ3v) is 5.80. The molecule has 0 spiro atoms. The third-order valence-electron chi connectivity index (χ3n) is 5.56. The molecule has 0 unspecified atom stereocenters. The summed E-state index contributed by atoms with van der Waals surface area (Å²) in [6.45, 7) is 5.75. The number of benzene rings is 1. The summed E-state index contributed by atoms with van der Waals surface area (Å²) in [5, 5.41) is 16.7. The van der Waals surface area contributed by atoms with Crippen LogP contribution in [0.4, 0.5) is 11.8 Å². The van der Waals surface area contributed by atoms with Crippen LogP contribution >= 0.6 is 11.6 Å². The van der Waals surface area contributed by atoms with Crippen molar-refractivity contribution in [2.75, 3.05) is 23.7 Å². The van der Waals surface area contributed by atoms with E-state index in [9.17, 15) is 5.26 Å². The van der Waals surface area contributed by atoms with E-state index in [-0.39, 0.29) is 11.5 Å². The molecule has 6 nitrogen and oxygen atoms in total. The molecule has 0 saturated heterocycles. The number of nitriles is 1. The zero-order valence-corrected chi connectivity index (χ0v) is 16.4. The molecule has 3 rings (SSSR count). The van der Waals surface area contributed by atoms with Crippen LogP contribution in [0, 0.1) is 22.7 Å². The molecule has 4 N–H and O–H groups in total. The van der Waals surface area contributed by atoms with Gasteiger partial charge in [-0.1, -0.05) is 37.6 Å². The number of nitrogens with two attached hydrogens (primary N) is 1. The second-order valence-corrected chi connectivity index (χ2v) is 8.00. The second kappa shape index (κ2) is 8.12. The average Bonchev–Trinajstić information content (AvgIpc) is 2.65. The van der Waals surface area contributed by atoms with Crippen molar-refractivity contribution in [2.24, 2.45) is 17.1 Å². The molecular weight excluding hydrogens is 360 g/mol. The first-order valence-electron chi connectivity index (χ1n) is 9.16. The molecule has 0 bridgehead atoms. The van der Waals surface area contributed by atoms with E-state index in [1.54, 1.807) is 6.20 Å². The fourth-order valence-corrected chi connectivity index (χ4v) is 3.71. The van der Waals surface area contributed by atoms with E-state index in [1.807, 2.05) is 24.3 Å². The summed E-state index contributed by atoms with van der Waals surface area (Å²) in [5.41, 5.74) is 7.50. The predicted molar refractivity (Wildman–Crippen MR) is 109 cm³/mol. The monoisotopic (exact) mass is 384 g/mol. The molecule has 1 aromatic carbocycles. The van der Waals surface area contributed by atoms with Gasteiger partial charge in [0.1, 0.15) is 17.5 Å². The van der Waals surface area contributed by atoms with Crippen molar-refractivity contribution in [3.05, 3.63) is 46.6 Å². The minimum absolute atomic E-state index is 0.0760. The second-order valence-electron chi connectivity index (χ2n) is 7.56. The Bertz CT molecular complexity index is 845. The van der Waals surface area contributed by atoms with Gasteiger partial charge in [-0.25, -0.2) is 4.98 Å². The average molecular weight is 385 g/mol. The Morgan fingerprint density at radius 1 is 1.41 bits per heavy atom. The van der Waals surface area contributed by atoms with Crippen LogP contribution in [0.2, 0.25) is 5.02 Å². The number of rotatable bonds is 7. The van der Waals surface area contributed by atoms with Crippen molar-refractivity contribution in [3.63, 3.8) is 0 Å². The SMILES string of the molecule is CC1(C)[C@H](CN)C[C@@H]1Nc1nc(NCCc2cccc(Cl)c2)ncc1C#N. The summed E-state index contributed by atoms with van der Waals surface area (Å²) < 4.78 is 0. The molecule has 1 heterocycles. The standard InChI is InChI=1S/C20H25ClN6/c1-20(2)15(11-23)9-17(20)26-18-14(10-22)12-25-19(27-18)24-7-6-13-4-3-5-16(21)8-13/h3-5,8,12,15,17H,6-7,9,11,23H2,1-2H3,(H2,24,25,26,27)/t15-,17-/m0/s1. The lowest BCUT2D eigenvalue weighted by Gasteiger charge is -2.52. The minimum atomic E-state index is 0.0760. The topological polar surface area (TPSA) is 99.7 Å². The Balaban J connectivity index is 1.64. The maximum atomic E-state index is 9.37. The van der Waals surface area contributed by atoms with E-state index in [1.165, 1.54) is 0 Å². The number of hydrogen-bond donors (Lipinski definition) is 3. The van der Waals surface area contributed by atoms with Gasteiger partial charge < -0.3 is 16.4 Å². The van der Waals surface area contributed by atoms with Gasteiger partial charge in [-0.2, -0.15) is 10.2 Å². The fraction of sp³-hybridized carbons (Fsp3) is 0.450. The van der Waals surface area contributed by atoms with Crippen LogP contribution in [-0.4, -0.2) is 29.1 Å². The molecule has 1 aromatic heterocycles. The molecule has 1 fully saturated rings. The first kappa shape index (κ1) is 19.4. The zero-order chi connectivity index (χ0) is 19.4. The smallest absolute Gasteiger partial charge is 0.224 e. The largest absolute Gasteiger partial charge is 0.366 e. The zero-order valence-electron chi connectivity index (χ0n) is 15.7. The van der Waals surface area contributed by atoms with Crippen LogP contribution in [-0.2, 0) is 6.42 Å². The number of hydrogen-bond acceptors (Lipinski definition) is 6. The normalized spacial score (nSPS) is 20.4. The lowest BCUT2D eigenvalue weighted by molar-refractivity contribution is 0.0572. The highest BCUT2D eigenvalue weighted by atomic mass is 35.5. The summed E-state index contributed by atoms with van der Waals surface area (Å²) in [6.07, 6.45) is 3.35. The molecule has 142 valence electrons. The van der Waals surface area contributed by atoms with Crippen molar-refractivity contribution in [3.8, 4) is 6.07 Å². The quantitative estimate of drug-likeness (QED) is 0.676. The molecule has 7 heteroatoms. The number of anilines is 2. The summed E-state index contributed by atoms with van der Waals surface area (Å²) in [7, 11) is 0. The van der Waals surface area contributed by atoms with E-state index in [2.05, 4.69) is 40.5 Å². The molecule has 2 aromatic rings. The maximum Gasteiger partial charge on any atom is 0.224 e. The van der Waals surface area contributed by atoms with E-state index in [0.29, 0.717) is 36.3 Å². The van der Waals surface area contributed by atoms with Crippen LogP contribution in [0.5, 0.6) is 0 Å². The van der Waals surface area contributed by atoms with Crippen LogP contribution in [0.1, 0.15) is 31.4 Å². The van der Waals surface area contributed by atoms with Gasteiger partial charge in [-0.15, -0.1) is 0 Å². The van der Waals surface area contributed by atoms with Gasteiger partial charge in [-0.05, 0) is 48.4 Å². The van der Waals surface area contributed by atoms with Gasteiger partial charge in [0.25, 0.3) is 0 Å². The third kappa shape index (κ3) is 4.32. The van der Waals surface area contributed by atoms with E-state index < -0.39 is 0 Å². The molecule has 27 heavy (non-hydrogen) atoms. The highest BCUT2D eigenvalue weighted by Gasteiger charge is 2.47. The molecule has 1 aliphatic carbocycles. The van der Waals surface area contributed by atoms with E-state index >= 15 is 0 Å². The number of nitrogens with zero attached hydrogens (tertiary/aromatic N) is 3. The molecule has 0 amide bonds. The Morgan fingerprint density at radius 3 is 2.89 bits per heavy atom. The van der Waals surface area contributed by atoms with Crippen LogP contribution < -0.4 is 16.4 Å². The van der Waals surface area contributed by atoms with Crippen LogP contribution in [0.3, 0.4) is 0 Å². The Morgan fingerprint density at radius 2 is 2.22 bits per heavy atom. The fourth-order valence-electron chi connectivity index (χ4n) is 3.50. The van der Waals surface area contributed by atoms with Gasteiger partial charge in [0.15, 0.2) is 0 Å². The Labute approximate surface area is 165 Å². The Hall–Kier alpha value is -2.36. The van der Waals surface area contributed by atoms with Gasteiger partial charge in [0, 0.05) is 17.6 Å². The lowest BCUT2D eigenvalue weighted by atomic mass is 9.58. The Kier molecular flexibility index (Phi) is 5.83. The maximum absolute atomic E-state index is 9.37. The van der Waals surface area contributed by atoms with Crippen molar-refractivity contribution in [1.29, 1.82) is 5.26 Å². The van der Waals surface area contributed by atoms with Crippen LogP contribution in [0.15, 0.2) is 30.5 Å². The van der Waals surface area contributed by atoms with Crippen molar-refractivity contribution < 1.29 is 0 Å². The van der Waals surface area contributed by atoms with E-state index in [0.717, 1.165) is 23.4 Å². The number of nitrogens with one attached hydrogen (secondary N) is 2. The summed E-state index contributed by atoms with van der Waals surface area (Å²) in [4.78, 5) is 8.76. The summed E-state index contributed by atoms with van der Waals surface area (Å²) in [5.74, 6) is 1.56. The molecule has 0 radical (unpaired) electrons. The molecule has 1 aliphatic rings. The van der Waals surface area contributed by atoms with Gasteiger partial charge >= 0.3 is 0 Å².